The molecule has 1 aliphatic rings. The second-order valence-electron chi connectivity index (χ2n) is 5.09. The average Bonchev–Trinajstić information content (AvgIpc) is 2.86. The molecule has 0 aliphatic heterocycles. The molecule has 4 nitrogen and oxygen atoms in total. The van der Waals surface area contributed by atoms with Crippen molar-refractivity contribution in [3.63, 3.8) is 0 Å². The van der Waals surface area contributed by atoms with Gasteiger partial charge in [-0.3, -0.25) is 4.79 Å². The average molecular weight is 249 g/mol. The summed E-state index contributed by atoms with van der Waals surface area (Å²) in [5, 5.41) is 21.5. The SMILES string of the molecule is O=C(NCC1(CO)CCCC1)c1ccc(O)cc1. The molecule has 1 fully saturated rings. The molecule has 0 bridgehead atoms. The largest absolute Gasteiger partial charge is 0.508 e. The fourth-order valence-electron chi connectivity index (χ4n) is 2.50. The first-order valence-corrected chi connectivity index (χ1v) is 6.33. The van der Waals surface area contributed by atoms with Crippen LogP contribution in [0.15, 0.2) is 24.3 Å². The predicted octanol–water partition coefficient (Wildman–Crippen LogP) is 1.67. The third-order valence-corrected chi connectivity index (χ3v) is 3.75. The van der Waals surface area contributed by atoms with E-state index in [1.165, 1.54) is 12.1 Å². The van der Waals surface area contributed by atoms with Crippen molar-refractivity contribution >= 4 is 5.91 Å². The molecule has 4 heteroatoms. The number of benzene rings is 1. The molecule has 1 amide bonds. The molecule has 98 valence electrons. The van der Waals surface area contributed by atoms with Crippen LogP contribution in [0.25, 0.3) is 0 Å². The fraction of sp³-hybridized carbons (Fsp3) is 0.500. The Kier molecular flexibility index (Phi) is 3.87. The van der Waals surface area contributed by atoms with E-state index in [1.54, 1.807) is 12.1 Å². The van der Waals surface area contributed by atoms with Crippen LogP contribution in [0.5, 0.6) is 5.75 Å². The maximum absolute atomic E-state index is 11.9. The third kappa shape index (κ3) is 2.82. The first kappa shape index (κ1) is 12.9. The van der Waals surface area contributed by atoms with Gasteiger partial charge >= 0.3 is 0 Å². The van der Waals surface area contributed by atoms with Crippen molar-refractivity contribution in [3.05, 3.63) is 29.8 Å². The lowest BCUT2D eigenvalue weighted by molar-refractivity contribution is 0.0880. The van der Waals surface area contributed by atoms with E-state index in [-0.39, 0.29) is 23.7 Å². The van der Waals surface area contributed by atoms with Crippen LogP contribution in [-0.4, -0.2) is 29.3 Å². The highest BCUT2D eigenvalue weighted by Gasteiger charge is 2.33. The van der Waals surface area contributed by atoms with Crippen LogP contribution in [0, 0.1) is 5.41 Å². The van der Waals surface area contributed by atoms with Gasteiger partial charge in [0.25, 0.3) is 5.91 Å². The molecular weight excluding hydrogens is 230 g/mol. The van der Waals surface area contributed by atoms with Crippen LogP contribution >= 0.6 is 0 Å². The zero-order valence-corrected chi connectivity index (χ0v) is 10.4. The van der Waals surface area contributed by atoms with Gasteiger partial charge in [0, 0.05) is 17.5 Å². The van der Waals surface area contributed by atoms with E-state index in [2.05, 4.69) is 5.32 Å². The number of phenolic OH excluding ortho intramolecular Hbond substituents is 1. The number of hydrogen-bond acceptors (Lipinski definition) is 3. The Morgan fingerprint density at radius 1 is 1.22 bits per heavy atom. The molecule has 0 unspecified atom stereocenters. The number of carbonyl (C=O) groups excluding carboxylic acids is 1. The Balaban J connectivity index is 1.93. The number of nitrogens with one attached hydrogen (secondary N) is 1. The third-order valence-electron chi connectivity index (χ3n) is 3.75. The maximum atomic E-state index is 11.9. The number of aromatic hydroxyl groups is 1. The molecule has 0 radical (unpaired) electrons. The van der Waals surface area contributed by atoms with Gasteiger partial charge in [0.05, 0.1) is 6.61 Å². The molecule has 0 spiro atoms. The Morgan fingerprint density at radius 3 is 2.39 bits per heavy atom. The van der Waals surface area contributed by atoms with Gasteiger partial charge < -0.3 is 15.5 Å². The lowest BCUT2D eigenvalue weighted by Crippen LogP contribution is -2.38. The number of carbonyl (C=O) groups is 1. The molecule has 1 aromatic carbocycles. The van der Waals surface area contributed by atoms with E-state index in [0.29, 0.717) is 12.1 Å². The van der Waals surface area contributed by atoms with Crippen LogP contribution in [0.2, 0.25) is 0 Å². The van der Waals surface area contributed by atoms with Crippen molar-refractivity contribution < 1.29 is 15.0 Å². The Labute approximate surface area is 107 Å². The zero-order chi connectivity index (χ0) is 13.0. The minimum Gasteiger partial charge on any atom is -0.508 e. The maximum Gasteiger partial charge on any atom is 0.251 e. The number of aliphatic hydroxyl groups is 1. The standard InChI is InChI=1S/C14H19NO3/c16-10-14(7-1-2-8-14)9-15-13(18)11-3-5-12(17)6-4-11/h3-6,16-17H,1-2,7-10H2,(H,15,18). The van der Waals surface area contributed by atoms with Crippen molar-refractivity contribution in [2.45, 2.75) is 25.7 Å². The number of amides is 1. The summed E-state index contributed by atoms with van der Waals surface area (Å²) in [5.41, 5.74) is 0.394. The van der Waals surface area contributed by atoms with E-state index in [1.807, 2.05) is 0 Å². The zero-order valence-electron chi connectivity index (χ0n) is 10.4. The fourth-order valence-corrected chi connectivity index (χ4v) is 2.50. The van der Waals surface area contributed by atoms with Crippen molar-refractivity contribution in [3.8, 4) is 5.75 Å². The summed E-state index contributed by atoms with van der Waals surface area (Å²) in [4.78, 5) is 11.9. The molecule has 0 atom stereocenters. The van der Waals surface area contributed by atoms with Gasteiger partial charge in [0.1, 0.15) is 5.75 Å². The summed E-state index contributed by atoms with van der Waals surface area (Å²) in [6, 6.07) is 6.16. The Bertz CT molecular complexity index is 408. The highest BCUT2D eigenvalue weighted by molar-refractivity contribution is 5.94. The summed E-state index contributed by atoms with van der Waals surface area (Å²) in [5.74, 6) is -0.0103. The van der Waals surface area contributed by atoms with Gasteiger partial charge in [0.15, 0.2) is 0 Å². The molecule has 1 aromatic rings. The Hall–Kier alpha value is -1.55. The highest BCUT2D eigenvalue weighted by Crippen LogP contribution is 2.36. The summed E-state index contributed by atoms with van der Waals surface area (Å²) < 4.78 is 0. The minimum absolute atomic E-state index is 0.128. The number of aliphatic hydroxyl groups excluding tert-OH is 1. The van der Waals surface area contributed by atoms with E-state index in [0.717, 1.165) is 25.7 Å². The molecule has 0 aromatic heterocycles. The van der Waals surface area contributed by atoms with Crippen molar-refractivity contribution in [1.29, 1.82) is 0 Å². The number of phenols is 1. The monoisotopic (exact) mass is 249 g/mol. The van der Waals surface area contributed by atoms with Crippen LogP contribution in [-0.2, 0) is 0 Å². The molecular formula is C14H19NO3. The molecule has 1 saturated carbocycles. The van der Waals surface area contributed by atoms with Gasteiger partial charge in [-0.2, -0.15) is 0 Å². The minimum atomic E-state index is -0.158. The summed E-state index contributed by atoms with van der Waals surface area (Å²) in [7, 11) is 0. The van der Waals surface area contributed by atoms with Crippen LogP contribution in [0.4, 0.5) is 0 Å². The van der Waals surface area contributed by atoms with Crippen molar-refractivity contribution in [1.82, 2.24) is 5.32 Å². The van der Waals surface area contributed by atoms with E-state index >= 15 is 0 Å². The molecule has 18 heavy (non-hydrogen) atoms. The molecule has 3 N–H and O–H groups in total. The van der Waals surface area contributed by atoms with E-state index in [9.17, 15) is 9.90 Å². The highest BCUT2D eigenvalue weighted by atomic mass is 16.3. The topological polar surface area (TPSA) is 69.6 Å². The van der Waals surface area contributed by atoms with Crippen LogP contribution < -0.4 is 5.32 Å². The van der Waals surface area contributed by atoms with Gasteiger partial charge in [0.2, 0.25) is 0 Å². The summed E-state index contributed by atoms with van der Waals surface area (Å²) >= 11 is 0. The summed E-state index contributed by atoms with van der Waals surface area (Å²) in [6.07, 6.45) is 4.18. The summed E-state index contributed by atoms with van der Waals surface area (Å²) in [6.45, 7) is 0.645. The normalized spacial score (nSPS) is 17.6. The van der Waals surface area contributed by atoms with Gasteiger partial charge in [-0.25, -0.2) is 0 Å². The first-order chi connectivity index (χ1) is 8.65. The lowest BCUT2D eigenvalue weighted by Gasteiger charge is -2.26. The molecule has 2 rings (SSSR count). The Morgan fingerprint density at radius 2 is 1.83 bits per heavy atom. The van der Waals surface area contributed by atoms with E-state index in [4.69, 9.17) is 5.11 Å². The van der Waals surface area contributed by atoms with Crippen molar-refractivity contribution in [2.24, 2.45) is 5.41 Å². The lowest BCUT2D eigenvalue weighted by atomic mass is 9.87. The quantitative estimate of drug-likeness (QED) is 0.760. The second kappa shape index (κ2) is 5.40. The van der Waals surface area contributed by atoms with Gasteiger partial charge in [-0.05, 0) is 37.1 Å². The number of hydrogen-bond donors (Lipinski definition) is 3. The molecule has 0 saturated heterocycles. The molecule has 1 aliphatic carbocycles. The van der Waals surface area contributed by atoms with Gasteiger partial charge in [-0.1, -0.05) is 12.8 Å². The van der Waals surface area contributed by atoms with Gasteiger partial charge in [-0.15, -0.1) is 0 Å². The van der Waals surface area contributed by atoms with Crippen LogP contribution in [0.3, 0.4) is 0 Å². The smallest absolute Gasteiger partial charge is 0.251 e. The van der Waals surface area contributed by atoms with E-state index < -0.39 is 0 Å². The predicted molar refractivity (Wildman–Crippen MR) is 68.4 cm³/mol. The van der Waals surface area contributed by atoms with Crippen molar-refractivity contribution in [2.75, 3.05) is 13.2 Å². The number of rotatable bonds is 4. The molecule has 0 heterocycles. The van der Waals surface area contributed by atoms with Crippen LogP contribution in [0.1, 0.15) is 36.0 Å². The first-order valence-electron chi connectivity index (χ1n) is 6.33. The second-order valence-corrected chi connectivity index (χ2v) is 5.09.